The maximum atomic E-state index is 4.56. The van der Waals surface area contributed by atoms with Gasteiger partial charge in [0, 0.05) is 43.1 Å². The summed E-state index contributed by atoms with van der Waals surface area (Å²) < 4.78 is 4.42. The lowest BCUT2D eigenvalue weighted by Crippen LogP contribution is -2.32. The van der Waals surface area contributed by atoms with Gasteiger partial charge in [-0.05, 0) is 48.2 Å². The van der Waals surface area contributed by atoms with Crippen LogP contribution in [-0.2, 0) is 19.5 Å². The predicted molar refractivity (Wildman–Crippen MR) is 114 cm³/mol. The van der Waals surface area contributed by atoms with Crippen LogP contribution in [0.15, 0.2) is 91.8 Å². The zero-order valence-electron chi connectivity index (χ0n) is 16.8. The van der Waals surface area contributed by atoms with Crippen LogP contribution in [0.4, 0.5) is 0 Å². The number of hydrogen-bond donors (Lipinski definition) is 0. The molecule has 0 spiro atoms. The van der Waals surface area contributed by atoms with Crippen LogP contribution >= 0.6 is 0 Å². The molecule has 29 heavy (non-hydrogen) atoms. The summed E-state index contributed by atoms with van der Waals surface area (Å²) in [6, 6.07) is 18.8. The molecule has 0 bridgehead atoms. The van der Waals surface area contributed by atoms with E-state index in [4.69, 9.17) is 0 Å². The van der Waals surface area contributed by atoms with E-state index in [0.717, 1.165) is 37.3 Å². The van der Waals surface area contributed by atoms with E-state index in [1.54, 1.807) is 6.20 Å². The lowest BCUT2D eigenvalue weighted by molar-refractivity contribution is -0.697. The summed E-state index contributed by atoms with van der Waals surface area (Å²) in [5, 5.41) is 0. The molecule has 4 rings (SSSR count). The number of rotatable bonds is 7. The molecule has 0 saturated carbocycles. The third-order valence-electron chi connectivity index (χ3n) is 5.11. The average Bonchev–Trinajstić information content (AvgIpc) is 2.81. The van der Waals surface area contributed by atoms with E-state index in [0.29, 0.717) is 0 Å². The van der Waals surface area contributed by atoms with Crippen LogP contribution in [-0.4, -0.2) is 9.97 Å². The van der Waals surface area contributed by atoms with Gasteiger partial charge in [0.05, 0.1) is 11.4 Å². The number of aryl methyl sites for hydroxylation is 3. The number of pyridine rings is 4. The fourth-order valence-electron chi connectivity index (χ4n) is 3.36. The number of nitrogens with zero attached hydrogens (tertiary/aromatic N) is 4. The Balaban J connectivity index is 1.31. The van der Waals surface area contributed by atoms with Crippen LogP contribution in [0.3, 0.4) is 0 Å². The van der Waals surface area contributed by atoms with Gasteiger partial charge in [0.15, 0.2) is 24.8 Å². The van der Waals surface area contributed by atoms with Crippen molar-refractivity contribution in [3.8, 4) is 22.5 Å². The van der Waals surface area contributed by atoms with E-state index in [9.17, 15) is 0 Å². The minimum atomic E-state index is 0.914. The molecule has 0 atom stereocenters. The summed E-state index contributed by atoms with van der Waals surface area (Å²) in [6.45, 7) is 4.14. The Bertz CT molecular complexity index is 1020. The molecular weight excluding hydrogens is 356 g/mol. The van der Waals surface area contributed by atoms with E-state index >= 15 is 0 Å². The molecule has 4 aromatic rings. The van der Waals surface area contributed by atoms with E-state index in [1.807, 2.05) is 24.4 Å². The molecule has 0 N–H and O–H groups in total. The second kappa shape index (κ2) is 9.20. The molecule has 0 aromatic carbocycles. The quantitative estimate of drug-likeness (QED) is 0.452. The molecule has 4 heteroatoms. The van der Waals surface area contributed by atoms with Crippen LogP contribution in [0.5, 0.6) is 0 Å². The van der Waals surface area contributed by atoms with E-state index < -0.39 is 0 Å². The molecule has 0 aliphatic heterocycles. The van der Waals surface area contributed by atoms with E-state index in [-0.39, 0.29) is 0 Å². The first-order chi connectivity index (χ1) is 14.3. The second-order valence-electron chi connectivity index (χ2n) is 7.11. The van der Waals surface area contributed by atoms with Crippen molar-refractivity contribution in [1.82, 2.24) is 9.97 Å². The lowest BCUT2D eigenvalue weighted by Gasteiger charge is -2.03. The molecule has 0 aliphatic carbocycles. The smallest absolute Gasteiger partial charge is 0.169 e. The Morgan fingerprint density at radius 3 is 2.00 bits per heavy atom. The minimum absolute atomic E-state index is 0.914. The van der Waals surface area contributed by atoms with Crippen LogP contribution in [0, 0.1) is 0 Å². The molecular formula is C25H26N4+2. The first-order valence-corrected chi connectivity index (χ1v) is 10.2. The third-order valence-corrected chi connectivity index (χ3v) is 5.11. The molecule has 0 radical (unpaired) electrons. The highest BCUT2D eigenvalue weighted by Gasteiger charge is 2.06. The largest absolute Gasteiger partial charge is 0.255 e. The second-order valence-corrected chi connectivity index (χ2v) is 7.11. The Hall–Kier alpha value is -3.40. The highest BCUT2D eigenvalue weighted by atomic mass is 14.9. The molecule has 4 aromatic heterocycles. The van der Waals surface area contributed by atoms with E-state index in [1.165, 1.54) is 16.7 Å². The molecule has 0 saturated heterocycles. The Morgan fingerprint density at radius 2 is 1.41 bits per heavy atom. The summed E-state index contributed by atoms with van der Waals surface area (Å²) >= 11 is 0. The molecule has 0 fully saturated rings. The van der Waals surface area contributed by atoms with Gasteiger partial charge in [-0.25, -0.2) is 9.13 Å². The third kappa shape index (κ3) is 4.91. The van der Waals surface area contributed by atoms with Crippen LogP contribution in [0.2, 0.25) is 0 Å². The molecule has 0 unspecified atom stereocenters. The summed E-state index contributed by atoms with van der Waals surface area (Å²) in [7, 11) is 0. The SMILES string of the molecule is CC[n+]1ccc(-c2cc[n+](CCCc3ccc(-c4ccccn4)nc3)cc2)cc1. The van der Waals surface area contributed by atoms with Crippen LogP contribution in [0.25, 0.3) is 22.5 Å². The van der Waals surface area contributed by atoms with Gasteiger partial charge in [0.25, 0.3) is 0 Å². The zero-order chi connectivity index (χ0) is 19.9. The van der Waals surface area contributed by atoms with Gasteiger partial charge >= 0.3 is 0 Å². The predicted octanol–water partition coefficient (Wildman–Crippen LogP) is 4.04. The topological polar surface area (TPSA) is 33.5 Å². The fourth-order valence-corrected chi connectivity index (χ4v) is 3.36. The molecule has 0 amide bonds. The van der Waals surface area contributed by atoms with Crippen molar-refractivity contribution < 1.29 is 9.13 Å². The lowest BCUT2D eigenvalue weighted by atomic mass is 10.1. The zero-order valence-corrected chi connectivity index (χ0v) is 16.8. The van der Waals surface area contributed by atoms with Gasteiger partial charge in [-0.15, -0.1) is 0 Å². The van der Waals surface area contributed by atoms with Gasteiger partial charge in [-0.1, -0.05) is 12.1 Å². The van der Waals surface area contributed by atoms with Gasteiger partial charge in [-0.3, -0.25) is 9.97 Å². The molecule has 4 heterocycles. The van der Waals surface area contributed by atoms with Gasteiger partial charge < -0.3 is 0 Å². The summed E-state index contributed by atoms with van der Waals surface area (Å²) in [6.07, 6.45) is 14.4. The van der Waals surface area contributed by atoms with Crippen molar-refractivity contribution in [3.05, 3.63) is 97.3 Å². The van der Waals surface area contributed by atoms with Crippen LogP contribution in [0.1, 0.15) is 18.9 Å². The van der Waals surface area contributed by atoms with Crippen molar-refractivity contribution >= 4 is 0 Å². The monoisotopic (exact) mass is 382 g/mol. The Kier molecular flexibility index (Phi) is 6.01. The molecule has 0 aliphatic rings. The van der Waals surface area contributed by atoms with Gasteiger partial charge in [0.1, 0.15) is 13.1 Å². The van der Waals surface area contributed by atoms with Crippen molar-refractivity contribution in [1.29, 1.82) is 0 Å². The number of aromatic nitrogens is 4. The Morgan fingerprint density at radius 1 is 0.724 bits per heavy atom. The van der Waals surface area contributed by atoms with Crippen LogP contribution < -0.4 is 9.13 Å². The normalized spacial score (nSPS) is 10.8. The summed E-state index contributed by atoms with van der Waals surface area (Å²) in [5.74, 6) is 0. The minimum Gasteiger partial charge on any atom is -0.255 e. The average molecular weight is 383 g/mol. The van der Waals surface area contributed by atoms with E-state index in [2.05, 4.69) is 87.2 Å². The maximum Gasteiger partial charge on any atom is 0.169 e. The summed E-state index contributed by atoms with van der Waals surface area (Å²) in [5.41, 5.74) is 5.59. The van der Waals surface area contributed by atoms with Crippen molar-refractivity contribution in [2.75, 3.05) is 0 Å². The van der Waals surface area contributed by atoms with Crippen molar-refractivity contribution in [2.45, 2.75) is 32.9 Å². The molecule has 4 nitrogen and oxygen atoms in total. The van der Waals surface area contributed by atoms with Gasteiger partial charge in [-0.2, -0.15) is 0 Å². The van der Waals surface area contributed by atoms with Crippen molar-refractivity contribution in [3.63, 3.8) is 0 Å². The molecule has 144 valence electrons. The first-order valence-electron chi connectivity index (χ1n) is 10.2. The summed E-state index contributed by atoms with van der Waals surface area (Å²) in [4.78, 5) is 8.91. The number of hydrogen-bond acceptors (Lipinski definition) is 2. The van der Waals surface area contributed by atoms with Gasteiger partial charge in [0.2, 0.25) is 0 Å². The highest BCUT2D eigenvalue weighted by molar-refractivity contribution is 5.61. The first kappa shape index (κ1) is 18.9. The standard InChI is InChI=1S/C25H26N4/c1-2-28-16-10-22(11-17-28)23-12-18-29(19-13-23)15-5-6-21-8-9-25(27-20-21)24-7-3-4-14-26-24/h3-4,7-14,16-20H,2,5-6,15H2,1H3/q+2. The fraction of sp³-hybridized carbons (Fsp3) is 0.200. The maximum absolute atomic E-state index is 4.56. The Labute approximate surface area is 172 Å². The highest BCUT2D eigenvalue weighted by Crippen LogP contribution is 2.16. The van der Waals surface area contributed by atoms with Crippen molar-refractivity contribution in [2.24, 2.45) is 0 Å².